The number of carbonyl (C=O) groups excluding carboxylic acids is 1. The Labute approximate surface area is 156 Å². The van der Waals surface area contributed by atoms with Gasteiger partial charge in [0.25, 0.3) is 0 Å². The smallest absolute Gasteiger partial charge is 0.323 e. The third-order valence-corrected chi connectivity index (χ3v) is 6.24. The number of likely N-dealkylation sites (tertiary alicyclic amines) is 1. The average molecular weight is 386 g/mol. The summed E-state index contributed by atoms with van der Waals surface area (Å²) in [5.74, 6) is 1.22. The number of hydrogen-bond donors (Lipinski definition) is 2. The predicted octanol–water partition coefficient (Wildman–Crippen LogP) is 2.28. The van der Waals surface area contributed by atoms with Crippen molar-refractivity contribution in [2.75, 3.05) is 31.2 Å². The molecule has 2 rings (SSSR count). The molecule has 1 aromatic heterocycles. The fourth-order valence-electron chi connectivity index (χ4n) is 3.51. The summed E-state index contributed by atoms with van der Waals surface area (Å²) in [5, 5.41) is 7.27. The van der Waals surface area contributed by atoms with Gasteiger partial charge >= 0.3 is 6.03 Å². The summed E-state index contributed by atoms with van der Waals surface area (Å²) in [7, 11) is -1.85. The number of aromatic nitrogens is 2. The predicted molar refractivity (Wildman–Crippen MR) is 103 cm³/mol. The molecule has 1 aromatic rings. The van der Waals surface area contributed by atoms with E-state index in [9.17, 15) is 13.2 Å². The molecule has 1 aliphatic rings. The maximum atomic E-state index is 12.7. The number of anilines is 1. The molecule has 0 bridgehead atoms. The van der Waals surface area contributed by atoms with Gasteiger partial charge < -0.3 is 4.90 Å². The molecule has 0 saturated carbocycles. The lowest BCUT2D eigenvalue weighted by Crippen LogP contribution is -2.45. The highest BCUT2D eigenvalue weighted by atomic mass is 32.2. The topological polar surface area (TPSA) is 96.3 Å². The van der Waals surface area contributed by atoms with Crippen molar-refractivity contribution < 1.29 is 13.2 Å². The number of rotatable bonds is 7. The normalized spacial score (nSPS) is 19.6. The first-order chi connectivity index (χ1) is 12.2. The molecule has 1 aliphatic heterocycles. The lowest BCUT2D eigenvalue weighted by atomic mass is 10.0. The zero-order valence-electron chi connectivity index (χ0n) is 16.1. The van der Waals surface area contributed by atoms with Crippen LogP contribution in [-0.4, -0.2) is 55.0 Å². The van der Waals surface area contributed by atoms with Crippen LogP contribution in [0.1, 0.15) is 46.1 Å². The summed E-state index contributed by atoms with van der Waals surface area (Å²) in [6.45, 7) is 7.49. The number of nitrogens with zero attached hydrogens (tertiary/aromatic N) is 3. The van der Waals surface area contributed by atoms with Gasteiger partial charge in [-0.15, -0.1) is 0 Å². The Hall–Kier alpha value is -1.61. The molecule has 148 valence electrons. The van der Waals surface area contributed by atoms with Crippen molar-refractivity contribution >= 4 is 21.9 Å². The Morgan fingerprint density at radius 2 is 2.12 bits per heavy atom. The maximum absolute atomic E-state index is 12.7. The SMILES string of the molecule is CNS(=O)(=O)CC1CCCN(C(=O)Nc2ccnn2C(C)CC(C)C)C1. The third kappa shape index (κ3) is 5.70. The highest BCUT2D eigenvalue weighted by molar-refractivity contribution is 7.89. The second-order valence-electron chi connectivity index (χ2n) is 7.51. The van der Waals surface area contributed by atoms with Gasteiger partial charge in [-0.1, -0.05) is 13.8 Å². The van der Waals surface area contributed by atoms with Crippen LogP contribution in [0.25, 0.3) is 0 Å². The van der Waals surface area contributed by atoms with E-state index in [0.717, 1.165) is 19.3 Å². The molecule has 1 fully saturated rings. The zero-order chi connectivity index (χ0) is 19.3. The highest BCUT2D eigenvalue weighted by Gasteiger charge is 2.27. The molecule has 2 N–H and O–H groups in total. The van der Waals surface area contributed by atoms with Gasteiger partial charge in [0.05, 0.1) is 18.0 Å². The molecule has 2 unspecified atom stereocenters. The fraction of sp³-hybridized carbons (Fsp3) is 0.765. The van der Waals surface area contributed by atoms with Gasteiger partial charge in [0.15, 0.2) is 0 Å². The van der Waals surface area contributed by atoms with Gasteiger partial charge in [-0.25, -0.2) is 22.6 Å². The average Bonchev–Trinajstić information content (AvgIpc) is 3.02. The van der Waals surface area contributed by atoms with Crippen LogP contribution >= 0.6 is 0 Å². The standard InChI is InChI=1S/C17H31N5O3S/c1-13(2)10-14(3)22-16(7-8-19-22)20-17(23)21-9-5-6-15(11-21)12-26(24,25)18-4/h7-8,13-15,18H,5-6,9-12H2,1-4H3,(H,20,23). The Bertz CT molecular complexity index is 701. The summed E-state index contributed by atoms with van der Waals surface area (Å²) in [4.78, 5) is 14.4. The van der Waals surface area contributed by atoms with Crippen molar-refractivity contribution in [3.63, 3.8) is 0 Å². The van der Waals surface area contributed by atoms with Gasteiger partial charge in [0.1, 0.15) is 5.82 Å². The quantitative estimate of drug-likeness (QED) is 0.752. The van der Waals surface area contributed by atoms with E-state index < -0.39 is 10.0 Å². The first kappa shape index (κ1) is 20.7. The minimum Gasteiger partial charge on any atom is -0.324 e. The van der Waals surface area contributed by atoms with Crippen LogP contribution in [0.4, 0.5) is 10.6 Å². The molecule has 0 radical (unpaired) electrons. The number of piperidine rings is 1. The van der Waals surface area contributed by atoms with Gasteiger partial charge in [-0.05, 0) is 45.1 Å². The van der Waals surface area contributed by atoms with Crippen molar-refractivity contribution in [2.45, 2.75) is 46.1 Å². The van der Waals surface area contributed by atoms with Crippen molar-refractivity contribution in [3.05, 3.63) is 12.3 Å². The Morgan fingerprint density at radius 3 is 2.77 bits per heavy atom. The van der Waals surface area contributed by atoms with E-state index in [-0.39, 0.29) is 23.7 Å². The Kier molecular flexibility index (Phi) is 7.05. The summed E-state index contributed by atoms with van der Waals surface area (Å²) in [5.41, 5.74) is 0. The van der Waals surface area contributed by atoms with Crippen LogP contribution in [-0.2, 0) is 10.0 Å². The van der Waals surface area contributed by atoms with E-state index >= 15 is 0 Å². The molecular formula is C17H31N5O3S. The largest absolute Gasteiger partial charge is 0.324 e. The highest BCUT2D eigenvalue weighted by Crippen LogP contribution is 2.22. The van der Waals surface area contributed by atoms with E-state index in [4.69, 9.17) is 0 Å². The number of hydrogen-bond acceptors (Lipinski definition) is 4. The number of nitrogens with one attached hydrogen (secondary N) is 2. The Balaban J connectivity index is 1.99. The molecule has 0 spiro atoms. The summed E-state index contributed by atoms with van der Waals surface area (Å²) >= 11 is 0. The van der Waals surface area contributed by atoms with Crippen molar-refractivity contribution in [1.29, 1.82) is 0 Å². The molecule has 1 saturated heterocycles. The van der Waals surface area contributed by atoms with Crippen molar-refractivity contribution in [3.8, 4) is 0 Å². The van der Waals surface area contributed by atoms with Crippen LogP contribution in [0.3, 0.4) is 0 Å². The zero-order valence-corrected chi connectivity index (χ0v) is 16.9. The lowest BCUT2D eigenvalue weighted by molar-refractivity contribution is 0.182. The number of sulfonamides is 1. The molecular weight excluding hydrogens is 354 g/mol. The van der Waals surface area contributed by atoms with Crippen LogP contribution in [0.5, 0.6) is 0 Å². The second-order valence-corrected chi connectivity index (χ2v) is 9.48. The van der Waals surface area contributed by atoms with Gasteiger partial charge in [0, 0.05) is 19.2 Å². The molecule has 2 amide bonds. The molecule has 8 nitrogen and oxygen atoms in total. The van der Waals surface area contributed by atoms with Crippen LogP contribution in [0.2, 0.25) is 0 Å². The molecule has 26 heavy (non-hydrogen) atoms. The first-order valence-electron chi connectivity index (χ1n) is 9.22. The summed E-state index contributed by atoms with van der Waals surface area (Å²) in [6, 6.07) is 1.78. The summed E-state index contributed by atoms with van der Waals surface area (Å²) in [6.07, 6.45) is 4.28. The Morgan fingerprint density at radius 1 is 1.38 bits per heavy atom. The minimum absolute atomic E-state index is 0.0447. The first-order valence-corrected chi connectivity index (χ1v) is 10.9. The third-order valence-electron chi connectivity index (χ3n) is 4.71. The maximum Gasteiger partial charge on any atom is 0.323 e. The number of amides is 2. The van der Waals surface area contributed by atoms with E-state index in [1.54, 1.807) is 17.2 Å². The van der Waals surface area contributed by atoms with Gasteiger partial charge in [-0.2, -0.15) is 5.10 Å². The molecule has 2 heterocycles. The summed E-state index contributed by atoms with van der Waals surface area (Å²) < 4.78 is 27.7. The lowest BCUT2D eigenvalue weighted by Gasteiger charge is -2.32. The molecule has 9 heteroatoms. The number of carbonyl (C=O) groups is 1. The monoisotopic (exact) mass is 385 g/mol. The fourth-order valence-corrected chi connectivity index (χ4v) is 4.57. The van der Waals surface area contributed by atoms with E-state index in [0.29, 0.717) is 24.8 Å². The van der Waals surface area contributed by atoms with E-state index in [2.05, 4.69) is 35.9 Å². The van der Waals surface area contributed by atoms with Crippen LogP contribution < -0.4 is 10.0 Å². The molecule has 0 aliphatic carbocycles. The second kappa shape index (κ2) is 8.85. The van der Waals surface area contributed by atoms with Crippen LogP contribution in [0, 0.1) is 11.8 Å². The van der Waals surface area contributed by atoms with Crippen molar-refractivity contribution in [1.82, 2.24) is 19.4 Å². The van der Waals surface area contributed by atoms with E-state index in [1.165, 1.54) is 7.05 Å². The van der Waals surface area contributed by atoms with Gasteiger partial charge in [-0.3, -0.25) is 5.32 Å². The van der Waals surface area contributed by atoms with Gasteiger partial charge in [0.2, 0.25) is 10.0 Å². The number of urea groups is 1. The van der Waals surface area contributed by atoms with Crippen molar-refractivity contribution in [2.24, 2.45) is 11.8 Å². The molecule has 0 aromatic carbocycles. The molecule has 2 atom stereocenters. The minimum atomic E-state index is -3.27. The van der Waals surface area contributed by atoms with Crippen LogP contribution in [0.15, 0.2) is 12.3 Å². The van der Waals surface area contributed by atoms with E-state index in [1.807, 2.05) is 4.68 Å².